The van der Waals surface area contributed by atoms with E-state index >= 15 is 0 Å². The van der Waals surface area contributed by atoms with Crippen LogP contribution in [0.2, 0.25) is 0 Å². The fourth-order valence-corrected chi connectivity index (χ4v) is 5.32. The van der Waals surface area contributed by atoms with Crippen molar-refractivity contribution in [2.45, 2.75) is 39.0 Å². The monoisotopic (exact) mass is 483 g/mol. The molecule has 0 bridgehead atoms. The lowest BCUT2D eigenvalue weighted by Gasteiger charge is -2.19. The van der Waals surface area contributed by atoms with Crippen molar-refractivity contribution in [3.8, 4) is 5.75 Å². The smallest absolute Gasteiger partial charge is 0.137 e. The average molecular weight is 484 g/mol. The predicted octanol–water partition coefficient (Wildman–Crippen LogP) is 5.57. The van der Waals surface area contributed by atoms with Crippen LogP contribution in [0.5, 0.6) is 5.75 Å². The molecular formula is C29H26BrNO. The van der Waals surface area contributed by atoms with E-state index < -0.39 is 0 Å². The van der Waals surface area contributed by atoms with Crippen LogP contribution < -0.4 is 10.4 Å². The lowest BCUT2D eigenvalue weighted by Crippen LogP contribution is -2.22. The first-order valence-electron chi connectivity index (χ1n) is 11.2. The van der Waals surface area contributed by atoms with E-state index in [0.717, 1.165) is 27.8 Å². The number of hydrogen-bond donors (Lipinski definition) is 1. The Kier molecular flexibility index (Phi) is 5.84. The van der Waals surface area contributed by atoms with Crippen LogP contribution in [0.4, 0.5) is 0 Å². The van der Waals surface area contributed by atoms with Gasteiger partial charge in [0.2, 0.25) is 0 Å². The summed E-state index contributed by atoms with van der Waals surface area (Å²) in [5.74, 6) is 0.360. The molecule has 0 fully saturated rings. The third-order valence-electron chi connectivity index (χ3n) is 6.65. The van der Waals surface area contributed by atoms with E-state index in [1.165, 1.54) is 57.5 Å². The van der Waals surface area contributed by atoms with Crippen LogP contribution in [0.3, 0.4) is 0 Å². The number of aliphatic imine (C=N–C) groups is 1. The molecule has 6 rings (SSSR count). The van der Waals surface area contributed by atoms with Gasteiger partial charge in [-0.3, -0.25) is 4.99 Å². The molecule has 0 saturated carbocycles. The van der Waals surface area contributed by atoms with Gasteiger partial charge >= 0.3 is 0 Å². The van der Waals surface area contributed by atoms with Gasteiger partial charge in [0, 0.05) is 24.1 Å². The minimum Gasteiger partial charge on any atom is -0.506 e. The molecule has 0 unspecified atom stereocenters. The maximum Gasteiger partial charge on any atom is 0.137 e. The van der Waals surface area contributed by atoms with Gasteiger partial charge in [0.25, 0.3) is 0 Å². The molecule has 1 aliphatic heterocycles. The molecule has 2 nitrogen and oxygen atoms in total. The van der Waals surface area contributed by atoms with Crippen molar-refractivity contribution in [3.63, 3.8) is 0 Å². The fraction of sp³-hybridized carbons (Fsp3) is 0.207. The van der Waals surface area contributed by atoms with Gasteiger partial charge in [0.1, 0.15) is 5.75 Å². The number of rotatable bonds is 0. The maximum absolute atomic E-state index is 10.3. The Morgan fingerprint density at radius 3 is 2.59 bits per heavy atom. The van der Waals surface area contributed by atoms with Crippen LogP contribution in [0, 0.1) is 10.4 Å². The summed E-state index contributed by atoms with van der Waals surface area (Å²) in [7, 11) is 0. The maximum atomic E-state index is 10.3. The van der Waals surface area contributed by atoms with Gasteiger partial charge in [-0.25, -0.2) is 0 Å². The normalized spacial score (nSPS) is 15.2. The average Bonchev–Trinajstić information content (AvgIpc) is 3.07. The number of fused-ring (bicyclic) bond motifs is 5. The number of phenolic OH excluding ortho intramolecular Hbond substituents is 1. The molecule has 0 atom stereocenters. The Hall–Kier alpha value is -2.91. The summed E-state index contributed by atoms with van der Waals surface area (Å²) in [6.45, 7) is 2.26. The van der Waals surface area contributed by atoms with Crippen LogP contribution in [-0.4, -0.2) is 11.3 Å². The molecule has 3 aromatic carbocycles. The summed E-state index contributed by atoms with van der Waals surface area (Å²) < 4.78 is 0.767. The van der Waals surface area contributed by atoms with Crippen LogP contribution in [0.15, 0.2) is 64.2 Å². The number of phenols is 1. The lowest BCUT2D eigenvalue weighted by molar-refractivity contribution is 0.466. The van der Waals surface area contributed by atoms with Gasteiger partial charge in [-0.2, -0.15) is 0 Å². The molecule has 32 heavy (non-hydrogen) atoms. The largest absolute Gasteiger partial charge is 0.506 e. The Morgan fingerprint density at radius 1 is 0.875 bits per heavy atom. The molecule has 3 aliphatic rings. The first kappa shape index (κ1) is 21.0. The van der Waals surface area contributed by atoms with Crippen molar-refractivity contribution in [1.29, 1.82) is 0 Å². The molecule has 1 heterocycles. The Labute approximate surface area is 196 Å². The SMILES string of the molecule is C1=Cc2ccccc2CC=N1.CC1=c2ccc3c(c2CCC1)CC=c1c(O)c(Br)ccc1=3. The van der Waals surface area contributed by atoms with Gasteiger partial charge in [-0.05, 0) is 98.6 Å². The van der Waals surface area contributed by atoms with E-state index in [4.69, 9.17) is 0 Å². The molecule has 3 aromatic rings. The number of halogens is 1. The predicted molar refractivity (Wildman–Crippen MR) is 137 cm³/mol. The van der Waals surface area contributed by atoms with E-state index in [2.05, 4.69) is 76.4 Å². The number of aromatic hydroxyl groups is 1. The van der Waals surface area contributed by atoms with Gasteiger partial charge in [-0.1, -0.05) is 54.1 Å². The van der Waals surface area contributed by atoms with Crippen LogP contribution >= 0.6 is 15.9 Å². The van der Waals surface area contributed by atoms with E-state index in [0.29, 0.717) is 5.75 Å². The highest BCUT2D eigenvalue weighted by Crippen LogP contribution is 2.24. The highest BCUT2D eigenvalue weighted by atomic mass is 79.9. The molecule has 0 saturated heterocycles. The Bertz CT molecular complexity index is 1480. The minimum atomic E-state index is 0.360. The summed E-state index contributed by atoms with van der Waals surface area (Å²) in [5.41, 5.74) is 7.14. The first-order valence-corrected chi connectivity index (χ1v) is 12.0. The fourth-order valence-electron chi connectivity index (χ4n) is 4.97. The van der Waals surface area contributed by atoms with E-state index in [1.807, 2.05) is 24.6 Å². The summed E-state index contributed by atoms with van der Waals surface area (Å²) in [4.78, 5) is 4.08. The van der Waals surface area contributed by atoms with Crippen LogP contribution in [-0.2, 0) is 19.3 Å². The van der Waals surface area contributed by atoms with Gasteiger partial charge in [-0.15, -0.1) is 0 Å². The van der Waals surface area contributed by atoms with Crippen molar-refractivity contribution >= 4 is 39.9 Å². The summed E-state index contributed by atoms with van der Waals surface area (Å²) >= 11 is 3.41. The molecule has 3 heteroatoms. The number of nitrogens with zero attached hydrogens (tertiary/aromatic N) is 1. The number of benzene rings is 3. The third-order valence-corrected chi connectivity index (χ3v) is 7.29. The Balaban J connectivity index is 0.000000165. The van der Waals surface area contributed by atoms with Gasteiger partial charge in [0.15, 0.2) is 0 Å². The standard InChI is InChI=1S/C19H17BrO.C10H9N/c1-11-3-2-4-13-12(11)5-6-15-14(13)7-8-17-16(15)9-10-18(20)19(17)21;1-2-4-10-6-8-11-7-5-9(10)3-1/h5-6,8-10,21H,2-4,7H2,1H3;1-5,7-8H,6H2. The van der Waals surface area contributed by atoms with E-state index in [-0.39, 0.29) is 0 Å². The molecule has 1 N–H and O–H groups in total. The highest BCUT2D eigenvalue weighted by Gasteiger charge is 2.15. The summed E-state index contributed by atoms with van der Waals surface area (Å²) in [6.07, 6.45) is 13.5. The zero-order valence-corrected chi connectivity index (χ0v) is 19.8. The van der Waals surface area contributed by atoms with Crippen LogP contribution in [0.1, 0.15) is 42.0 Å². The highest BCUT2D eigenvalue weighted by molar-refractivity contribution is 9.10. The van der Waals surface area contributed by atoms with E-state index in [9.17, 15) is 5.11 Å². The second-order valence-electron chi connectivity index (χ2n) is 8.57. The zero-order chi connectivity index (χ0) is 22.1. The number of hydrogen-bond acceptors (Lipinski definition) is 2. The lowest BCUT2D eigenvalue weighted by atomic mass is 9.86. The van der Waals surface area contributed by atoms with Crippen molar-refractivity contribution < 1.29 is 5.11 Å². The summed E-state index contributed by atoms with van der Waals surface area (Å²) in [5, 5.41) is 15.1. The molecule has 160 valence electrons. The molecular weight excluding hydrogens is 458 g/mol. The third kappa shape index (κ3) is 3.86. The molecule has 0 aromatic heterocycles. The van der Waals surface area contributed by atoms with Crippen molar-refractivity contribution in [1.82, 2.24) is 0 Å². The van der Waals surface area contributed by atoms with Crippen molar-refractivity contribution in [2.24, 2.45) is 4.99 Å². The zero-order valence-electron chi connectivity index (χ0n) is 18.2. The topological polar surface area (TPSA) is 32.6 Å². The molecule has 0 amide bonds. The van der Waals surface area contributed by atoms with Crippen molar-refractivity contribution in [3.05, 3.63) is 102 Å². The first-order chi connectivity index (χ1) is 15.6. The van der Waals surface area contributed by atoms with Crippen molar-refractivity contribution in [2.75, 3.05) is 0 Å². The van der Waals surface area contributed by atoms with Gasteiger partial charge in [0.05, 0.1) is 4.47 Å². The molecule has 0 radical (unpaired) electrons. The minimum absolute atomic E-state index is 0.360. The molecule has 2 aliphatic carbocycles. The quantitative estimate of drug-likeness (QED) is 0.445. The Morgan fingerprint density at radius 2 is 1.69 bits per heavy atom. The second kappa shape index (κ2) is 8.91. The van der Waals surface area contributed by atoms with Crippen LogP contribution in [0.25, 0.3) is 17.7 Å². The summed E-state index contributed by atoms with van der Waals surface area (Å²) in [6, 6.07) is 16.9. The van der Waals surface area contributed by atoms with Gasteiger partial charge < -0.3 is 5.11 Å². The second-order valence-corrected chi connectivity index (χ2v) is 9.42. The molecule has 0 spiro atoms. The van der Waals surface area contributed by atoms with E-state index in [1.54, 1.807) is 0 Å².